The molecule has 0 saturated heterocycles. The first kappa shape index (κ1) is 20.0. The van der Waals surface area contributed by atoms with Gasteiger partial charge in [-0.25, -0.2) is 0 Å². The normalized spacial score (nSPS) is 12.8. The van der Waals surface area contributed by atoms with Gasteiger partial charge in [0, 0.05) is 29.2 Å². The van der Waals surface area contributed by atoms with Crippen LogP contribution in [-0.2, 0) is 12.8 Å². The van der Waals surface area contributed by atoms with Gasteiger partial charge in [-0.3, -0.25) is 14.8 Å². The fourth-order valence-corrected chi connectivity index (χ4v) is 4.23. The summed E-state index contributed by atoms with van der Waals surface area (Å²) in [7, 11) is 1.67. The van der Waals surface area contributed by atoms with Crippen LogP contribution in [0.25, 0.3) is 10.9 Å². The number of pyridine rings is 2. The lowest BCUT2D eigenvalue weighted by molar-refractivity contribution is 0.102. The number of ether oxygens (including phenoxy) is 1. The van der Waals surface area contributed by atoms with Gasteiger partial charge in [0.15, 0.2) is 0 Å². The SMILES string of the molecule is COc1ccccc1Nc1c2c(nc3ccc(NC(=O)c4cccnc4)cc13)CCCC2. The van der Waals surface area contributed by atoms with Crippen molar-refractivity contribution in [3.8, 4) is 5.75 Å². The Balaban J connectivity index is 1.59. The van der Waals surface area contributed by atoms with E-state index in [1.807, 2.05) is 42.5 Å². The highest BCUT2D eigenvalue weighted by Gasteiger charge is 2.20. The van der Waals surface area contributed by atoms with Crippen LogP contribution in [0.2, 0.25) is 0 Å². The van der Waals surface area contributed by atoms with Crippen molar-refractivity contribution in [2.24, 2.45) is 0 Å². The van der Waals surface area contributed by atoms with Crippen molar-refractivity contribution in [1.82, 2.24) is 9.97 Å². The number of fused-ring (bicyclic) bond motifs is 2. The van der Waals surface area contributed by atoms with Crippen LogP contribution in [0, 0.1) is 0 Å². The van der Waals surface area contributed by atoms with Crippen molar-refractivity contribution >= 4 is 33.9 Å². The summed E-state index contributed by atoms with van der Waals surface area (Å²) in [5, 5.41) is 7.58. The van der Waals surface area contributed by atoms with Crippen molar-refractivity contribution < 1.29 is 9.53 Å². The minimum Gasteiger partial charge on any atom is -0.495 e. The van der Waals surface area contributed by atoms with Crippen LogP contribution < -0.4 is 15.4 Å². The minimum absolute atomic E-state index is 0.192. The Hall–Kier alpha value is -3.93. The number of amides is 1. The van der Waals surface area contributed by atoms with Crippen LogP contribution in [0.5, 0.6) is 5.75 Å². The van der Waals surface area contributed by atoms with Gasteiger partial charge in [0.05, 0.1) is 29.6 Å². The van der Waals surface area contributed by atoms with Gasteiger partial charge in [-0.05, 0) is 73.7 Å². The van der Waals surface area contributed by atoms with Crippen molar-refractivity contribution in [1.29, 1.82) is 0 Å². The average Bonchev–Trinajstić information content (AvgIpc) is 2.85. The smallest absolute Gasteiger partial charge is 0.257 e. The molecule has 1 aliphatic rings. The molecule has 6 heteroatoms. The third-order valence-electron chi connectivity index (χ3n) is 5.81. The first-order valence-corrected chi connectivity index (χ1v) is 10.8. The molecule has 1 amide bonds. The van der Waals surface area contributed by atoms with Crippen molar-refractivity contribution in [3.63, 3.8) is 0 Å². The summed E-state index contributed by atoms with van der Waals surface area (Å²) in [6.45, 7) is 0. The van der Waals surface area contributed by atoms with E-state index in [4.69, 9.17) is 9.72 Å². The highest BCUT2D eigenvalue weighted by molar-refractivity contribution is 6.06. The maximum Gasteiger partial charge on any atom is 0.257 e. The zero-order valence-electron chi connectivity index (χ0n) is 17.9. The Bertz CT molecular complexity index is 1290. The molecule has 32 heavy (non-hydrogen) atoms. The van der Waals surface area contributed by atoms with E-state index in [-0.39, 0.29) is 5.91 Å². The molecule has 0 unspecified atom stereocenters. The summed E-state index contributed by atoms with van der Waals surface area (Å²) >= 11 is 0. The number of aryl methyl sites for hydroxylation is 1. The fourth-order valence-electron chi connectivity index (χ4n) is 4.23. The number of carbonyl (C=O) groups excluding carboxylic acids is 1. The molecule has 4 aromatic rings. The number of nitrogens with one attached hydrogen (secondary N) is 2. The average molecular weight is 425 g/mol. The van der Waals surface area contributed by atoms with E-state index >= 15 is 0 Å². The highest BCUT2D eigenvalue weighted by atomic mass is 16.5. The second kappa shape index (κ2) is 8.67. The molecular formula is C26H24N4O2. The molecule has 0 atom stereocenters. The van der Waals surface area contributed by atoms with Crippen molar-refractivity contribution in [2.45, 2.75) is 25.7 Å². The minimum atomic E-state index is -0.192. The predicted octanol–water partition coefficient (Wildman–Crippen LogP) is 5.51. The number of hydrogen-bond acceptors (Lipinski definition) is 5. The lowest BCUT2D eigenvalue weighted by Gasteiger charge is -2.23. The van der Waals surface area contributed by atoms with Gasteiger partial charge in [0.2, 0.25) is 0 Å². The topological polar surface area (TPSA) is 76.1 Å². The molecule has 5 rings (SSSR count). The van der Waals surface area contributed by atoms with E-state index in [0.29, 0.717) is 11.3 Å². The van der Waals surface area contributed by atoms with E-state index in [2.05, 4.69) is 15.6 Å². The second-order valence-corrected chi connectivity index (χ2v) is 7.87. The number of carbonyl (C=O) groups is 1. The molecule has 2 N–H and O–H groups in total. The molecule has 6 nitrogen and oxygen atoms in total. The predicted molar refractivity (Wildman–Crippen MR) is 127 cm³/mol. The van der Waals surface area contributed by atoms with Gasteiger partial charge in [0.25, 0.3) is 5.91 Å². The van der Waals surface area contributed by atoms with Gasteiger partial charge >= 0.3 is 0 Å². The lowest BCUT2D eigenvalue weighted by atomic mass is 9.92. The number of para-hydroxylation sites is 2. The summed E-state index contributed by atoms with van der Waals surface area (Å²) in [4.78, 5) is 21.6. The van der Waals surface area contributed by atoms with Gasteiger partial charge in [-0.2, -0.15) is 0 Å². The number of aromatic nitrogens is 2. The van der Waals surface area contributed by atoms with Gasteiger partial charge in [0.1, 0.15) is 5.75 Å². The summed E-state index contributed by atoms with van der Waals surface area (Å²) in [6.07, 6.45) is 7.45. The Labute approximate surface area is 186 Å². The molecule has 2 heterocycles. The quantitative estimate of drug-likeness (QED) is 0.442. The van der Waals surface area contributed by atoms with Crippen LogP contribution in [0.3, 0.4) is 0 Å². The zero-order chi connectivity index (χ0) is 21.9. The third-order valence-corrected chi connectivity index (χ3v) is 5.81. The fraction of sp³-hybridized carbons (Fsp3) is 0.192. The Morgan fingerprint density at radius 1 is 1.03 bits per heavy atom. The van der Waals surface area contributed by atoms with Crippen LogP contribution in [0.1, 0.15) is 34.5 Å². The molecule has 2 aromatic carbocycles. The van der Waals surface area contributed by atoms with Gasteiger partial charge < -0.3 is 15.4 Å². The number of anilines is 3. The molecule has 0 saturated carbocycles. The summed E-state index contributed by atoms with van der Waals surface area (Å²) in [6, 6.07) is 17.2. The summed E-state index contributed by atoms with van der Waals surface area (Å²) in [5.41, 5.74) is 6.46. The summed E-state index contributed by atoms with van der Waals surface area (Å²) < 4.78 is 5.56. The number of nitrogens with zero attached hydrogens (tertiary/aromatic N) is 2. The Morgan fingerprint density at radius 2 is 1.91 bits per heavy atom. The maximum absolute atomic E-state index is 12.6. The zero-order valence-corrected chi connectivity index (χ0v) is 17.9. The standard InChI is InChI=1S/C26H24N4O2/c1-32-24-11-5-4-10-23(24)30-25-19-8-2-3-9-21(19)29-22-13-12-18(15-20(22)25)28-26(31)17-7-6-14-27-16-17/h4-7,10-16H,2-3,8-9H2,1H3,(H,28,31)(H,29,30). The van der Waals surface area contributed by atoms with E-state index < -0.39 is 0 Å². The number of rotatable bonds is 5. The third kappa shape index (κ3) is 3.87. The molecular weight excluding hydrogens is 400 g/mol. The van der Waals surface area contributed by atoms with E-state index in [1.165, 1.54) is 5.56 Å². The molecule has 1 aliphatic carbocycles. The van der Waals surface area contributed by atoms with Gasteiger partial charge in [-0.15, -0.1) is 0 Å². The maximum atomic E-state index is 12.6. The van der Waals surface area contributed by atoms with Gasteiger partial charge in [-0.1, -0.05) is 12.1 Å². The number of methoxy groups -OCH3 is 1. The highest BCUT2D eigenvalue weighted by Crippen LogP contribution is 2.38. The number of benzene rings is 2. The molecule has 160 valence electrons. The second-order valence-electron chi connectivity index (χ2n) is 7.87. The first-order chi connectivity index (χ1) is 15.7. The van der Waals surface area contributed by atoms with E-state index in [9.17, 15) is 4.79 Å². The first-order valence-electron chi connectivity index (χ1n) is 10.8. The molecule has 0 spiro atoms. The van der Waals surface area contributed by atoms with E-state index in [0.717, 1.165) is 59.4 Å². The van der Waals surface area contributed by atoms with Crippen LogP contribution >= 0.6 is 0 Å². The molecule has 0 fully saturated rings. The molecule has 0 radical (unpaired) electrons. The van der Waals surface area contributed by atoms with Crippen LogP contribution in [0.4, 0.5) is 17.1 Å². The van der Waals surface area contributed by atoms with Crippen LogP contribution in [-0.4, -0.2) is 23.0 Å². The summed E-state index contributed by atoms with van der Waals surface area (Å²) in [5.74, 6) is 0.589. The monoisotopic (exact) mass is 424 g/mol. The number of hydrogen-bond donors (Lipinski definition) is 2. The van der Waals surface area contributed by atoms with Crippen molar-refractivity contribution in [2.75, 3.05) is 17.7 Å². The Kier molecular flexibility index (Phi) is 5.42. The largest absolute Gasteiger partial charge is 0.495 e. The lowest BCUT2D eigenvalue weighted by Crippen LogP contribution is -2.13. The molecule has 0 bridgehead atoms. The molecule has 2 aromatic heterocycles. The van der Waals surface area contributed by atoms with Crippen molar-refractivity contribution in [3.05, 3.63) is 83.8 Å². The molecule has 0 aliphatic heterocycles. The Morgan fingerprint density at radius 3 is 2.75 bits per heavy atom. The van der Waals surface area contributed by atoms with Crippen LogP contribution in [0.15, 0.2) is 67.0 Å². The van der Waals surface area contributed by atoms with E-state index in [1.54, 1.807) is 31.6 Å².